The van der Waals surface area contributed by atoms with Gasteiger partial charge in [-0.2, -0.15) is 0 Å². The van der Waals surface area contributed by atoms with Crippen LogP contribution in [0.4, 0.5) is 0 Å². The molecule has 3 nitrogen and oxygen atoms in total. The summed E-state index contributed by atoms with van der Waals surface area (Å²) in [6.45, 7) is 1.96. The number of carbonyl (C=O) groups is 1. The second-order valence-electron chi connectivity index (χ2n) is 4.70. The first-order valence-corrected chi connectivity index (χ1v) is 5.87. The Morgan fingerprint density at radius 3 is 2.76 bits per heavy atom. The Kier molecular flexibility index (Phi) is 3.09. The largest absolute Gasteiger partial charge is 0.497 e. The normalized spacial score (nSPS) is 22.8. The zero-order valence-corrected chi connectivity index (χ0v) is 10.6. The third kappa shape index (κ3) is 1.90. The number of ether oxygens (including phenoxy) is 2. The first-order chi connectivity index (χ1) is 8.11. The molecule has 1 aliphatic rings. The summed E-state index contributed by atoms with van der Waals surface area (Å²) in [5.41, 5.74) is 1.77. The van der Waals surface area contributed by atoms with E-state index < -0.39 is 5.41 Å². The third-order valence-electron chi connectivity index (χ3n) is 3.67. The third-order valence-corrected chi connectivity index (χ3v) is 3.67. The Morgan fingerprint density at radius 1 is 1.35 bits per heavy atom. The quantitative estimate of drug-likeness (QED) is 0.737. The second-order valence-corrected chi connectivity index (χ2v) is 4.70. The van der Waals surface area contributed by atoms with Gasteiger partial charge in [0.25, 0.3) is 0 Å². The fourth-order valence-corrected chi connectivity index (χ4v) is 2.65. The molecule has 1 unspecified atom stereocenters. The SMILES string of the molecule is COC(=O)C1(C)CCCc2cc(OC)ccc21. The summed E-state index contributed by atoms with van der Waals surface area (Å²) >= 11 is 0. The minimum Gasteiger partial charge on any atom is -0.497 e. The molecule has 2 rings (SSSR count). The van der Waals surface area contributed by atoms with Crippen molar-refractivity contribution in [1.82, 2.24) is 0 Å². The van der Waals surface area contributed by atoms with Crippen LogP contribution in [0.2, 0.25) is 0 Å². The number of esters is 1. The average Bonchev–Trinajstić information content (AvgIpc) is 2.37. The summed E-state index contributed by atoms with van der Waals surface area (Å²) in [6.07, 6.45) is 2.85. The molecule has 0 amide bonds. The molecule has 0 N–H and O–H groups in total. The topological polar surface area (TPSA) is 35.5 Å². The van der Waals surface area contributed by atoms with Gasteiger partial charge >= 0.3 is 5.97 Å². The fraction of sp³-hybridized carbons (Fsp3) is 0.500. The molecule has 0 radical (unpaired) electrons. The number of aryl methyl sites for hydroxylation is 1. The van der Waals surface area contributed by atoms with Crippen molar-refractivity contribution in [3.05, 3.63) is 29.3 Å². The van der Waals surface area contributed by atoms with E-state index in [9.17, 15) is 4.79 Å². The van der Waals surface area contributed by atoms with Crippen molar-refractivity contribution in [3.63, 3.8) is 0 Å². The molecule has 0 aliphatic heterocycles. The molecule has 17 heavy (non-hydrogen) atoms. The summed E-state index contributed by atoms with van der Waals surface area (Å²) in [7, 11) is 3.11. The summed E-state index contributed by atoms with van der Waals surface area (Å²) < 4.78 is 10.2. The van der Waals surface area contributed by atoms with Crippen molar-refractivity contribution >= 4 is 5.97 Å². The van der Waals surface area contributed by atoms with Gasteiger partial charge in [-0.1, -0.05) is 6.07 Å². The van der Waals surface area contributed by atoms with Crippen LogP contribution in [0.1, 0.15) is 30.9 Å². The minimum atomic E-state index is -0.505. The molecular weight excluding hydrogens is 216 g/mol. The summed E-state index contributed by atoms with van der Waals surface area (Å²) in [5.74, 6) is 0.696. The van der Waals surface area contributed by atoms with E-state index in [0.29, 0.717) is 0 Å². The highest BCUT2D eigenvalue weighted by Gasteiger charge is 2.39. The highest BCUT2D eigenvalue weighted by Crippen LogP contribution is 2.39. The molecule has 1 atom stereocenters. The predicted octanol–water partition coefficient (Wildman–Crippen LogP) is 2.46. The van der Waals surface area contributed by atoms with Gasteiger partial charge in [0.1, 0.15) is 5.75 Å². The van der Waals surface area contributed by atoms with Crippen molar-refractivity contribution in [2.75, 3.05) is 14.2 Å². The number of fused-ring (bicyclic) bond motifs is 1. The summed E-state index contributed by atoms with van der Waals surface area (Å²) in [5, 5.41) is 0. The summed E-state index contributed by atoms with van der Waals surface area (Å²) in [4.78, 5) is 12.0. The smallest absolute Gasteiger partial charge is 0.316 e. The van der Waals surface area contributed by atoms with Crippen LogP contribution in [-0.2, 0) is 21.4 Å². The lowest BCUT2D eigenvalue weighted by atomic mass is 9.71. The zero-order valence-electron chi connectivity index (χ0n) is 10.6. The fourth-order valence-electron chi connectivity index (χ4n) is 2.65. The number of benzene rings is 1. The van der Waals surface area contributed by atoms with Gasteiger partial charge in [-0.25, -0.2) is 0 Å². The average molecular weight is 234 g/mol. The van der Waals surface area contributed by atoms with E-state index in [1.807, 2.05) is 25.1 Å². The Labute approximate surface area is 102 Å². The highest BCUT2D eigenvalue weighted by atomic mass is 16.5. The van der Waals surface area contributed by atoms with Gasteiger partial charge in [0, 0.05) is 0 Å². The molecule has 0 saturated carbocycles. The molecule has 0 bridgehead atoms. The maximum atomic E-state index is 12.0. The molecule has 0 heterocycles. The maximum absolute atomic E-state index is 12.0. The number of rotatable bonds is 2. The van der Waals surface area contributed by atoms with E-state index >= 15 is 0 Å². The van der Waals surface area contributed by atoms with Crippen LogP contribution in [0.5, 0.6) is 5.75 Å². The van der Waals surface area contributed by atoms with E-state index in [2.05, 4.69) is 0 Å². The first-order valence-electron chi connectivity index (χ1n) is 5.87. The van der Waals surface area contributed by atoms with Crippen LogP contribution >= 0.6 is 0 Å². The number of hydrogen-bond acceptors (Lipinski definition) is 3. The lowest BCUT2D eigenvalue weighted by Gasteiger charge is -2.33. The van der Waals surface area contributed by atoms with Gasteiger partial charge in [-0.3, -0.25) is 4.79 Å². The molecular formula is C14H18O3. The van der Waals surface area contributed by atoms with Crippen molar-refractivity contribution in [2.24, 2.45) is 0 Å². The van der Waals surface area contributed by atoms with Gasteiger partial charge < -0.3 is 9.47 Å². The number of methoxy groups -OCH3 is 2. The van der Waals surface area contributed by atoms with Crippen LogP contribution in [0, 0.1) is 0 Å². The van der Waals surface area contributed by atoms with Crippen molar-refractivity contribution in [2.45, 2.75) is 31.6 Å². The van der Waals surface area contributed by atoms with Crippen LogP contribution in [0.3, 0.4) is 0 Å². The zero-order chi connectivity index (χ0) is 12.5. The molecule has 92 valence electrons. The van der Waals surface area contributed by atoms with E-state index in [-0.39, 0.29) is 5.97 Å². The van der Waals surface area contributed by atoms with Gasteiger partial charge in [-0.05, 0) is 49.4 Å². The van der Waals surface area contributed by atoms with E-state index in [1.165, 1.54) is 12.7 Å². The van der Waals surface area contributed by atoms with Crippen LogP contribution in [0.15, 0.2) is 18.2 Å². The van der Waals surface area contributed by atoms with Gasteiger partial charge in [-0.15, -0.1) is 0 Å². The molecule has 0 fully saturated rings. The van der Waals surface area contributed by atoms with Crippen molar-refractivity contribution in [3.8, 4) is 5.75 Å². The standard InChI is InChI=1S/C14H18O3/c1-14(13(15)17-3)8-4-5-10-9-11(16-2)6-7-12(10)14/h6-7,9H,4-5,8H2,1-3H3. The van der Waals surface area contributed by atoms with E-state index in [1.54, 1.807) is 7.11 Å². The molecule has 0 saturated heterocycles. The highest BCUT2D eigenvalue weighted by molar-refractivity contribution is 5.83. The van der Waals surface area contributed by atoms with E-state index in [0.717, 1.165) is 30.6 Å². The van der Waals surface area contributed by atoms with Crippen molar-refractivity contribution < 1.29 is 14.3 Å². The van der Waals surface area contributed by atoms with Gasteiger partial charge in [0.05, 0.1) is 19.6 Å². The molecule has 1 aliphatic carbocycles. The lowest BCUT2D eigenvalue weighted by Crippen LogP contribution is -2.37. The monoisotopic (exact) mass is 234 g/mol. The van der Waals surface area contributed by atoms with E-state index in [4.69, 9.17) is 9.47 Å². The van der Waals surface area contributed by atoms with Gasteiger partial charge in [0.2, 0.25) is 0 Å². The second kappa shape index (κ2) is 4.40. The Bertz CT molecular complexity index is 439. The minimum absolute atomic E-state index is 0.149. The lowest BCUT2D eigenvalue weighted by molar-refractivity contribution is -0.147. The Morgan fingerprint density at radius 2 is 2.12 bits per heavy atom. The Balaban J connectivity index is 2.48. The molecule has 1 aromatic rings. The number of hydrogen-bond donors (Lipinski definition) is 0. The van der Waals surface area contributed by atoms with Crippen LogP contribution in [-0.4, -0.2) is 20.2 Å². The molecule has 3 heteroatoms. The molecule has 1 aromatic carbocycles. The van der Waals surface area contributed by atoms with Crippen LogP contribution < -0.4 is 4.74 Å². The Hall–Kier alpha value is -1.51. The van der Waals surface area contributed by atoms with Crippen LogP contribution in [0.25, 0.3) is 0 Å². The first kappa shape index (κ1) is 12.0. The molecule has 0 spiro atoms. The maximum Gasteiger partial charge on any atom is 0.316 e. The van der Waals surface area contributed by atoms with Gasteiger partial charge in [0.15, 0.2) is 0 Å². The summed E-state index contributed by atoms with van der Waals surface area (Å²) in [6, 6.07) is 5.92. The predicted molar refractivity (Wildman–Crippen MR) is 65.3 cm³/mol. The number of carbonyl (C=O) groups excluding carboxylic acids is 1. The molecule has 0 aromatic heterocycles. The van der Waals surface area contributed by atoms with Crippen molar-refractivity contribution in [1.29, 1.82) is 0 Å².